The van der Waals surface area contributed by atoms with Crippen LogP contribution in [0.3, 0.4) is 0 Å². The van der Waals surface area contributed by atoms with Gasteiger partial charge in [-0.25, -0.2) is 4.79 Å². The van der Waals surface area contributed by atoms with E-state index in [0.717, 1.165) is 0 Å². The summed E-state index contributed by atoms with van der Waals surface area (Å²) in [7, 11) is 0. The van der Waals surface area contributed by atoms with Gasteiger partial charge in [0.05, 0.1) is 18.9 Å². The van der Waals surface area contributed by atoms with Crippen molar-refractivity contribution < 1.29 is 77.6 Å². The first kappa shape index (κ1) is 79.4. The zero-order valence-electron chi connectivity index (χ0n) is 49.4. The third kappa shape index (κ3) is 37.1. The van der Waals surface area contributed by atoms with E-state index in [1.807, 2.05) is 0 Å². The van der Waals surface area contributed by atoms with E-state index >= 15 is 0 Å². The molecule has 0 aromatic rings. The van der Waals surface area contributed by atoms with Gasteiger partial charge in [0.15, 0.2) is 29.8 Å². The molecule has 0 heterocycles. The monoisotopic (exact) mass is 1280 g/mol. The fourth-order valence-electron chi connectivity index (χ4n) is 7.81. The molecule has 0 aliphatic carbocycles. The molecule has 0 aromatic heterocycles. The first-order chi connectivity index (χ1) is 42.1. The van der Waals surface area contributed by atoms with Crippen molar-refractivity contribution >= 4 is 107 Å². The number of carbonyl (C=O) groups is 13. The lowest BCUT2D eigenvalue weighted by atomic mass is 10.0. The number of carboxylic acid groups (broad SMARTS) is 3. The van der Waals surface area contributed by atoms with Crippen LogP contribution in [-0.2, 0) is 62.3 Å². The van der Waals surface area contributed by atoms with Crippen molar-refractivity contribution in [3.63, 3.8) is 0 Å². The normalized spacial score (nSPS) is 13.6. The van der Waals surface area contributed by atoms with E-state index in [-0.39, 0.29) is 114 Å². The molecule has 0 radical (unpaired) electrons. The topological polar surface area (TPSA) is 779 Å². The molecule has 9 atom stereocenters. The lowest BCUT2D eigenvalue weighted by Gasteiger charge is -2.28. The Labute approximate surface area is 515 Å². The summed E-state index contributed by atoms with van der Waals surface area (Å²) in [5, 5.41) is 47.5. The first-order valence-electron chi connectivity index (χ1n) is 27.8. The molecule has 10 amide bonds. The number of hydrogen-bond acceptors (Lipinski definition) is 19. The van der Waals surface area contributed by atoms with Crippen LogP contribution >= 0.6 is 0 Å². The van der Waals surface area contributed by atoms with Gasteiger partial charge in [-0.05, 0) is 77.0 Å². The van der Waals surface area contributed by atoms with Crippen LogP contribution < -0.4 is 117 Å². The first-order valence-corrected chi connectivity index (χ1v) is 27.8. The smallest absolute Gasteiger partial charge is 0.326 e. The highest BCUT2D eigenvalue weighted by Gasteiger charge is 2.36. The van der Waals surface area contributed by atoms with Crippen molar-refractivity contribution in [2.75, 3.05) is 32.7 Å². The maximum Gasteiger partial charge on any atom is 0.326 e. The Balaban J connectivity index is 7.27. The molecule has 42 heteroatoms. The minimum absolute atomic E-state index is 0.0322. The molecule has 42 nitrogen and oxygen atoms in total. The van der Waals surface area contributed by atoms with Crippen LogP contribution in [0.2, 0.25) is 0 Å². The molecular weight excluding hydrogens is 1200 g/mol. The Morgan fingerprint density at radius 2 is 0.500 bits per heavy atom. The summed E-state index contributed by atoms with van der Waals surface area (Å²) in [6, 6.07) is -15.4. The number of amides is 10. The van der Waals surface area contributed by atoms with E-state index < -0.39 is 182 Å². The van der Waals surface area contributed by atoms with Crippen LogP contribution in [0.15, 0.2) is 25.0 Å². The van der Waals surface area contributed by atoms with Gasteiger partial charge < -0.3 is 132 Å². The molecule has 0 fully saturated rings. The van der Waals surface area contributed by atoms with Gasteiger partial charge in [0.1, 0.15) is 48.3 Å². The third-order valence-corrected chi connectivity index (χ3v) is 12.2. The van der Waals surface area contributed by atoms with E-state index in [2.05, 4.69) is 67.5 Å². The van der Waals surface area contributed by atoms with Gasteiger partial charge in [-0.3, -0.25) is 82.5 Å². The predicted octanol–water partition coefficient (Wildman–Crippen LogP) is -12.0. The number of carboxylic acids is 3. The van der Waals surface area contributed by atoms with E-state index in [4.69, 9.17) is 74.5 Å². The van der Waals surface area contributed by atoms with Gasteiger partial charge in [0.2, 0.25) is 59.1 Å². The highest BCUT2D eigenvalue weighted by Crippen LogP contribution is 2.11. The van der Waals surface area contributed by atoms with Crippen LogP contribution in [0.1, 0.15) is 103 Å². The number of rotatable bonds is 47. The molecule has 0 aliphatic heterocycles. The average molecular weight is 1290 g/mol. The van der Waals surface area contributed by atoms with Crippen molar-refractivity contribution in [2.24, 2.45) is 99.5 Å². The number of hydrogen-bond donors (Lipinski definition) is 24. The van der Waals surface area contributed by atoms with Crippen molar-refractivity contribution in [3.05, 3.63) is 0 Å². The summed E-state index contributed by atoms with van der Waals surface area (Å²) < 4.78 is 0. The summed E-state index contributed by atoms with van der Waals surface area (Å²) in [6.07, 6.45) is -5.98. The van der Waals surface area contributed by atoms with Gasteiger partial charge in [-0.1, -0.05) is 0 Å². The molecule has 506 valence electrons. The summed E-state index contributed by atoms with van der Waals surface area (Å²) in [5.74, 6) is -17.8. The molecule has 37 N–H and O–H groups in total. The lowest BCUT2D eigenvalue weighted by Crippen LogP contribution is -2.60. The molecule has 0 saturated heterocycles. The zero-order valence-corrected chi connectivity index (χ0v) is 49.4. The van der Waals surface area contributed by atoms with Gasteiger partial charge in [-0.2, -0.15) is 0 Å². The molecule has 90 heavy (non-hydrogen) atoms. The van der Waals surface area contributed by atoms with E-state index in [1.165, 1.54) is 0 Å². The number of carbonyl (C=O) groups excluding carboxylic acids is 10. The standard InChI is InChI=1S/C48H88N26O16/c49-22(6-1-15-62-44(52)53)35(81)67-23(7-2-16-63-45(54)55)37(83)73-29(20-31(50)75)41(87)71-27(12-14-34(79)80)40(86)68-24(8-3-17-64-46(56)57)36(82)70-26(11-13-33(77)78)39(85)69-25(9-4-18-65-47(58)59)38(84)74-30(21-32(51)76)42(88)72-28(43(89)90)10-5-19-66-48(60)61/h22-30H,1-21,49H2,(H2,50,75)(H2,51,76)(H,67,81)(H,68,86)(H,69,85)(H,70,82)(H,71,87)(H,72,88)(H,73,83)(H,74,84)(H,77,78)(H,79,80)(H,89,90)(H4,52,53,62)(H4,54,55,63)(H4,56,57,64)(H4,58,59,65)(H4,60,61,66)/t22-,23-,24-,25-,26-,27-,28-,29-,30-/m0/s1. The van der Waals surface area contributed by atoms with Gasteiger partial charge in [-0.15, -0.1) is 0 Å². The minimum atomic E-state index is -1.93. The molecule has 0 unspecified atom stereocenters. The van der Waals surface area contributed by atoms with Crippen LogP contribution in [0.4, 0.5) is 0 Å². The number of guanidine groups is 5. The highest BCUT2D eigenvalue weighted by molar-refractivity contribution is 6.00. The lowest BCUT2D eigenvalue weighted by molar-refractivity contribution is -0.143. The number of primary amides is 2. The summed E-state index contributed by atoms with van der Waals surface area (Å²) in [4.78, 5) is 191. The molecule has 0 aromatic carbocycles. The van der Waals surface area contributed by atoms with Gasteiger partial charge in [0.25, 0.3) is 0 Å². The second-order valence-electron chi connectivity index (χ2n) is 19.9. The van der Waals surface area contributed by atoms with Crippen molar-refractivity contribution in [1.29, 1.82) is 0 Å². The SMILES string of the molecule is NC(=O)C[C@H](NC(=O)[C@H](CCCN=C(N)N)NC(=O)[C@H](CCC(=O)O)NC(=O)[C@H](CCCN=C(N)N)NC(=O)[C@H](CCC(=O)O)NC(=O)[C@H](CC(N)=O)NC(=O)[C@H](CCCN=C(N)N)NC(=O)[C@@H](N)CCCN=C(N)N)C(=O)N[C@@H](CCCN=C(N)N)C(=O)O. The fraction of sp³-hybridized carbons (Fsp3) is 0.625. The van der Waals surface area contributed by atoms with Gasteiger partial charge >= 0.3 is 17.9 Å². The minimum Gasteiger partial charge on any atom is -0.481 e. The molecule has 0 spiro atoms. The Morgan fingerprint density at radius 3 is 0.744 bits per heavy atom. The maximum absolute atomic E-state index is 14.3. The van der Waals surface area contributed by atoms with E-state index in [1.54, 1.807) is 0 Å². The molecule has 0 saturated carbocycles. The second-order valence-corrected chi connectivity index (χ2v) is 19.9. The largest absolute Gasteiger partial charge is 0.481 e. The summed E-state index contributed by atoms with van der Waals surface area (Å²) in [6.45, 7) is -0.315. The Hall–Kier alpha value is -10.6. The van der Waals surface area contributed by atoms with Gasteiger partial charge in [0, 0.05) is 45.6 Å². The number of aliphatic imine (C=N–C) groups is 5. The highest BCUT2D eigenvalue weighted by atomic mass is 16.4. The van der Waals surface area contributed by atoms with Crippen LogP contribution in [0.25, 0.3) is 0 Å². The van der Waals surface area contributed by atoms with Crippen molar-refractivity contribution in [2.45, 2.75) is 157 Å². The van der Waals surface area contributed by atoms with Crippen molar-refractivity contribution in [3.8, 4) is 0 Å². The fourth-order valence-corrected chi connectivity index (χ4v) is 7.81. The quantitative estimate of drug-likeness (QED) is 0.0153. The maximum atomic E-state index is 14.3. The van der Waals surface area contributed by atoms with Crippen LogP contribution in [0, 0.1) is 0 Å². The number of nitrogens with two attached hydrogens (primary N) is 13. The molecule has 0 bridgehead atoms. The zero-order chi connectivity index (χ0) is 68.6. The van der Waals surface area contributed by atoms with E-state index in [9.17, 15) is 77.6 Å². The molecule has 0 rings (SSSR count). The molecule has 0 aliphatic rings. The predicted molar refractivity (Wildman–Crippen MR) is 322 cm³/mol. The van der Waals surface area contributed by atoms with E-state index in [0.29, 0.717) is 0 Å². The average Bonchev–Trinajstić information content (AvgIpc) is 1.21. The Bertz CT molecular complexity index is 2620. The second kappa shape index (κ2) is 43.1. The Morgan fingerprint density at radius 1 is 0.289 bits per heavy atom. The number of nitrogens with one attached hydrogen (secondary N) is 8. The summed E-state index contributed by atoms with van der Waals surface area (Å²) >= 11 is 0. The number of nitrogens with zero attached hydrogens (tertiary/aromatic N) is 5. The third-order valence-electron chi connectivity index (χ3n) is 12.2. The summed E-state index contributed by atoms with van der Waals surface area (Å²) in [5.41, 5.74) is 70.7. The van der Waals surface area contributed by atoms with Crippen LogP contribution in [-0.4, -0.2) is 209 Å². The van der Waals surface area contributed by atoms with Crippen LogP contribution in [0.5, 0.6) is 0 Å². The Kier molecular flexibility index (Phi) is 38.0. The number of aliphatic carboxylic acids is 3. The molecular formula is C48H88N26O16. The van der Waals surface area contributed by atoms with Crippen molar-refractivity contribution in [1.82, 2.24) is 42.5 Å².